The summed E-state index contributed by atoms with van der Waals surface area (Å²) in [6.45, 7) is 0. The van der Waals surface area contributed by atoms with E-state index in [9.17, 15) is 13.2 Å². The van der Waals surface area contributed by atoms with E-state index in [1.54, 1.807) is 0 Å². The number of rotatable bonds is 1. The number of alkyl halides is 3. The Morgan fingerprint density at radius 2 is 2.17 bits per heavy atom. The summed E-state index contributed by atoms with van der Waals surface area (Å²) in [6.07, 6.45) is -2.65. The number of aromatic nitrogens is 2. The lowest BCUT2D eigenvalue weighted by Gasteiger charge is -2.08. The van der Waals surface area contributed by atoms with Crippen LogP contribution in [0, 0.1) is 6.20 Å². The van der Waals surface area contributed by atoms with E-state index in [1.165, 1.54) is 7.05 Å². The van der Waals surface area contributed by atoms with Gasteiger partial charge in [-0.1, -0.05) is 11.6 Å². The number of ether oxygens (including phenoxy) is 1. The van der Waals surface area contributed by atoms with E-state index in [4.69, 9.17) is 11.6 Å². The fraction of sp³-hybridized carbons (Fsp3) is 0.400. The minimum absolute atomic E-state index is 0.296. The normalized spacial score (nSPS) is 11.8. The van der Waals surface area contributed by atoms with Crippen molar-refractivity contribution in [2.24, 2.45) is 7.05 Å². The Bertz CT molecular complexity index is 263. The first kappa shape index (κ1) is 9.18. The summed E-state index contributed by atoms with van der Waals surface area (Å²) in [7, 11) is 1.27. The van der Waals surface area contributed by atoms with Gasteiger partial charge in [-0.25, -0.2) is 4.68 Å². The van der Waals surface area contributed by atoms with E-state index < -0.39 is 12.2 Å². The SMILES string of the molecule is Cn1n[c]c(Cl)c1OC(F)(F)F. The Morgan fingerprint density at radius 3 is 2.50 bits per heavy atom. The average molecular weight is 200 g/mol. The molecule has 1 heterocycles. The fourth-order valence-corrected chi connectivity index (χ4v) is 0.773. The molecule has 0 aromatic carbocycles. The Hall–Kier alpha value is -0.910. The van der Waals surface area contributed by atoms with E-state index in [2.05, 4.69) is 16.0 Å². The molecule has 0 atom stereocenters. The molecule has 3 nitrogen and oxygen atoms in total. The molecule has 1 rings (SSSR count). The molecule has 0 fully saturated rings. The van der Waals surface area contributed by atoms with Gasteiger partial charge >= 0.3 is 6.36 Å². The van der Waals surface area contributed by atoms with Crippen molar-refractivity contribution in [3.63, 3.8) is 0 Å². The lowest BCUT2D eigenvalue weighted by Crippen LogP contribution is -2.19. The van der Waals surface area contributed by atoms with Crippen LogP contribution in [0.15, 0.2) is 0 Å². The van der Waals surface area contributed by atoms with Crippen LogP contribution in [-0.2, 0) is 7.05 Å². The zero-order valence-electron chi connectivity index (χ0n) is 5.81. The number of hydrogen-bond donors (Lipinski definition) is 0. The number of halogens is 4. The summed E-state index contributed by atoms with van der Waals surface area (Å²) >= 11 is 5.29. The Kier molecular flexibility index (Phi) is 2.18. The molecule has 0 saturated heterocycles. The first-order valence-electron chi connectivity index (χ1n) is 2.76. The summed E-state index contributed by atoms with van der Waals surface area (Å²) in [4.78, 5) is 0. The predicted molar refractivity (Wildman–Crippen MR) is 33.7 cm³/mol. The highest BCUT2D eigenvalue weighted by molar-refractivity contribution is 6.31. The van der Waals surface area contributed by atoms with Crippen LogP contribution >= 0.6 is 11.6 Å². The van der Waals surface area contributed by atoms with Gasteiger partial charge in [-0.2, -0.15) is 5.10 Å². The minimum atomic E-state index is -4.76. The fourth-order valence-electron chi connectivity index (χ4n) is 0.575. The smallest absolute Gasteiger partial charge is 0.386 e. The molecule has 0 aliphatic rings. The molecule has 0 bridgehead atoms. The monoisotopic (exact) mass is 199 g/mol. The van der Waals surface area contributed by atoms with E-state index in [0.29, 0.717) is 0 Å². The van der Waals surface area contributed by atoms with Crippen LogP contribution in [0.1, 0.15) is 0 Å². The standard InChI is InChI=1S/C5H3ClF3N2O/c1-11-4(3(6)2-10-11)12-5(7,8)9/h1H3. The largest absolute Gasteiger partial charge is 0.574 e. The highest BCUT2D eigenvalue weighted by atomic mass is 35.5. The third-order valence-corrected chi connectivity index (χ3v) is 1.24. The summed E-state index contributed by atoms with van der Waals surface area (Å²) < 4.78 is 39.3. The number of nitrogens with zero attached hydrogens (tertiary/aromatic N) is 2. The van der Waals surface area contributed by atoms with Gasteiger partial charge in [0.05, 0.1) is 0 Å². The predicted octanol–water partition coefficient (Wildman–Crippen LogP) is 1.77. The molecule has 0 aliphatic heterocycles. The second kappa shape index (κ2) is 2.85. The van der Waals surface area contributed by atoms with Crippen molar-refractivity contribution in [1.82, 2.24) is 9.78 Å². The summed E-state index contributed by atoms with van der Waals surface area (Å²) in [5, 5.41) is 3.04. The maximum absolute atomic E-state index is 11.6. The zero-order valence-corrected chi connectivity index (χ0v) is 6.57. The molecule has 1 radical (unpaired) electrons. The second-order valence-electron chi connectivity index (χ2n) is 1.90. The summed E-state index contributed by atoms with van der Waals surface area (Å²) in [6, 6.07) is 0. The van der Waals surface area contributed by atoms with E-state index in [1.807, 2.05) is 0 Å². The van der Waals surface area contributed by atoms with Gasteiger partial charge in [-0.05, 0) is 0 Å². The van der Waals surface area contributed by atoms with Crippen LogP contribution in [0.5, 0.6) is 5.88 Å². The summed E-state index contributed by atoms with van der Waals surface area (Å²) in [5.41, 5.74) is 0. The minimum Gasteiger partial charge on any atom is -0.386 e. The molecule has 12 heavy (non-hydrogen) atoms. The molecule has 0 spiro atoms. The summed E-state index contributed by atoms with van der Waals surface area (Å²) in [5.74, 6) is -0.566. The molecule has 0 N–H and O–H groups in total. The van der Waals surface area contributed by atoms with Crippen molar-refractivity contribution < 1.29 is 17.9 Å². The first-order valence-corrected chi connectivity index (χ1v) is 3.14. The molecule has 1 aromatic heterocycles. The Labute approximate surface area is 70.7 Å². The van der Waals surface area contributed by atoms with Crippen molar-refractivity contribution in [3.05, 3.63) is 11.2 Å². The van der Waals surface area contributed by atoms with Crippen LogP contribution in [0.3, 0.4) is 0 Å². The lowest BCUT2D eigenvalue weighted by molar-refractivity contribution is -0.277. The highest BCUT2D eigenvalue weighted by Gasteiger charge is 2.33. The van der Waals surface area contributed by atoms with E-state index >= 15 is 0 Å². The molecular formula is C5H3ClF3N2O. The average Bonchev–Trinajstić information content (AvgIpc) is 2.16. The quantitative estimate of drug-likeness (QED) is 0.689. The molecule has 67 valence electrons. The molecule has 0 amide bonds. The number of hydrogen-bond acceptors (Lipinski definition) is 2. The topological polar surface area (TPSA) is 27.1 Å². The van der Waals surface area contributed by atoms with Crippen LogP contribution in [0.4, 0.5) is 13.2 Å². The van der Waals surface area contributed by atoms with Crippen LogP contribution in [0.2, 0.25) is 5.02 Å². The van der Waals surface area contributed by atoms with Crippen molar-refractivity contribution in [2.75, 3.05) is 0 Å². The maximum atomic E-state index is 11.6. The third kappa shape index (κ3) is 2.04. The second-order valence-corrected chi connectivity index (χ2v) is 2.28. The maximum Gasteiger partial charge on any atom is 0.574 e. The molecule has 0 aliphatic carbocycles. The van der Waals surface area contributed by atoms with E-state index in [-0.39, 0.29) is 5.02 Å². The van der Waals surface area contributed by atoms with Gasteiger partial charge in [0.15, 0.2) is 0 Å². The van der Waals surface area contributed by atoms with Gasteiger partial charge < -0.3 is 4.74 Å². The molecular weight excluding hydrogens is 197 g/mol. The van der Waals surface area contributed by atoms with Crippen molar-refractivity contribution in [1.29, 1.82) is 0 Å². The van der Waals surface area contributed by atoms with Gasteiger partial charge in [0.1, 0.15) is 11.2 Å². The highest BCUT2D eigenvalue weighted by Crippen LogP contribution is 2.28. The van der Waals surface area contributed by atoms with Crippen molar-refractivity contribution >= 4 is 11.6 Å². The number of aryl methyl sites for hydroxylation is 1. The lowest BCUT2D eigenvalue weighted by atomic mass is 10.7. The molecule has 7 heteroatoms. The van der Waals surface area contributed by atoms with E-state index in [0.717, 1.165) is 4.68 Å². The van der Waals surface area contributed by atoms with Gasteiger partial charge in [-0.15, -0.1) is 13.2 Å². The Morgan fingerprint density at radius 1 is 1.58 bits per heavy atom. The van der Waals surface area contributed by atoms with Gasteiger partial charge in [0.25, 0.3) is 0 Å². The van der Waals surface area contributed by atoms with Crippen LogP contribution in [-0.4, -0.2) is 16.1 Å². The van der Waals surface area contributed by atoms with Gasteiger partial charge in [-0.3, -0.25) is 0 Å². The first-order chi connectivity index (χ1) is 5.40. The Balaban J connectivity index is 2.88. The van der Waals surface area contributed by atoms with Crippen molar-refractivity contribution in [3.8, 4) is 5.88 Å². The van der Waals surface area contributed by atoms with Crippen LogP contribution in [0.25, 0.3) is 0 Å². The van der Waals surface area contributed by atoms with Crippen molar-refractivity contribution in [2.45, 2.75) is 6.36 Å². The van der Waals surface area contributed by atoms with Gasteiger partial charge in [0, 0.05) is 7.05 Å². The molecule has 0 unspecified atom stereocenters. The van der Waals surface area contributed by atoms with Gasteiger partial charge in [0.2, 0.25) is 5.88 Å². The molecule has 0 saturated carbocycles. The molecule has 1 aromatic rings. The third-order valence-electron chi connectivity index (χ3n) is 0.992. The van der Waals surface area contributed by atoms with Crippen LogP contribution < -0.4 is 4.74 Å². The zero-order chi connectivity index (χ0) is 9.35.